The molecule has 0 saturated carbocycles. The highest BCUT2D eigenvalue weighted by molar-refractivity contribution is 6.11. The zero-order chi connectivity index (χ0) is 24.5. The van der Waals surface area contributed by atoms with Gasteiger partial charge in [-0.3, -0.25) is 14.5 Å². The molecule has 0 saturated heterocycles. The third kappa shape index (κ3) is 4.08. The number of amides is 1. The fourth-order valence-electron chi connectivity index (χ4n) is 3.89. The summed E-state index contributed by atoms with van der Waals surface area (Å²) >= 11 is 0. The largest absolute Gasteiger partial charge is 0.493 e. The van der Waals surface area contributed by atoms with Gasteiger partial charge in [-0.2, -0.15) is 5.10 Å². The molecule has 0 unspecified atom stereocenters. The minimum atomic E-state index is -0.640. The van der Waals surface area contributed by atoms with Gasteiger partial charge in [-0.15, -0.1) is 0 Å². The summed E-state index contributed by atoms with van der Waals surface area (Å²) in [7, 11) is 4.83. The SMILES string of the molecule is COc1cc2nccc(Oc3ccc(NC(=O)c4nn(C)c5ccccc45)cc3F)c2cc1OC. The van der Waals surface area contributed by atoms with Crippen LogP contribution in [0, 0.1) is 5.82 Å². The van der Waals surface area contributed by atoms with E-state index in [1.54, 1.807) is 42.2 Å². The van der Waals surface area contributed by atoms with Gasteiger partial charge in [0, 0.05) is 41.8 Å². The summed E-state index contributed by atoms with van der Waals surface area (Å²) in [6.45, 7) is 0. The van der Waals surface area contributed by atoms with E-state index in [0.29, 0.717) is 33.5 Å². The maximum absolute atomic E-state index is 15.0. The van der Waals surface area contributed by atoms with Crippen LogP contribution in [0.25, 0.3) is 21.8 Å². The van der Waals surface area contributed by atoms with E-state index in [1.165, 1.54) is 26.4 Å². The highest BCUT2D eigenvalue weighted by atomic mass is 19.1. The molecule has 0 aliphatic rings. The van der Waals surface area contributed by atoms with Gasteiger partial charge in [-0.25, -0.2) is 4.39 Å². The number of methoxy groups -OCH3 is 2. The van der Waals surface area contributed by atoms with Crippen LogP contribution in [0.2, 0.25) is 0 Å². The van der Waals surface area contributed by atoms with Gasteiger partial charge in [0.25, 0.3) is 5.91 Å². The third-order valence-corrected chi connectivity index (χ3v) is 5.59. The zero-order valence-corrected chi connectivity index (χ0v) is 19.2. The molecule has 0 aliphatic carbocycles. The van der Waals surface area contributed by atoms with Crippen LogP contribution >= 0.6 is 0 Å². The molecular weight excluding hydrogens is 451 g/mol. The number of hydrogen-bond acceptors (Lipinski definition) is 6. The van der Waals surface area contributed by atoms with Crippen molar-refractivity contribution in [3.05, 3.63) is 78.4 Å². The first-order chi connectivity index (χ1) is 17.0. The molecule has 0 aliphatic heterocycles. The maximum atomic E-state index is 15.0. The number of carbonyl (C=O) groups excluding carboxylic acids is 1. The van der Waals surface area contributed by atoms with E-state index in [1.807, 2.05) is 24.3 Å². The number of anilines is 1. The Bertz CT molecular complexity index is 1580. The molecule has 176 valence electrons. The second-order valence-corrected chi connectivity index (χ2v) is 7.72. The molecule has 0 fully saturated rings. The number of nitrogens with zero attached hydrogens (tertiary/aromatic N) is 3. The number of carbonyl (C=O) groups is 1. The molecule has 8 nitrogen and oxygen atoms in total. The topological polar surface area (TPSA) is 87.5 Å². The molecule has 2 heterocycles. The second kappa shape index (κ2) is 8.94. The Morgan fingerprint density at radius 3 is 2.46 bits per heavy atom. The van der Waals surface area contributed by atoms with E-state index in [4.69, 9.17) is 14.2 Å². The number of nitrogens with one attached hydrogen (secondary N) is 1. The highest BCUT2D eigenvalue weighted by Gasteiger charge is 2.17. The van der Waals surface area contributed by atoms with Crippen molar-refractivity contribution in [1.82, 2.24) is 14.8 Å². The van der Waals surface area contributed by atoms with Gasteiger partial charge in [0.2, 0.25) is 0 Å². The molecule has 3 aromatic carbocycles. The molecule has 0 radical (unpaired) electrons. The van der Waals surface area contributed by atoms with E-state index in [0.717, 1.165) is 5.52 Å². The highest BCUT2D eigenvalue weighted by Crippen LogP contribution is 2.37. The van der Waals surface area contributed by atoms with Crippen LogP contribution in [0.3, 0.4) is 0 Å². The lowest BCUT2D eigenvalue weighted by Gasteiger charge is -2.13. The average Bonchev–Trinajstić information content (AvgIpc) is 3.21. The number of aryl methyl sites for hydroxylation is 1. The Labute approximate surface area is 199 Å². The van der Waals surface area contributed by atoms with Crippen molar-refractivity contribution in [2.75, 3.05) is 19.5 Å². The summed E-state index contributed by atoms with van der Waals surface area (Å²) in [6, 6.07) is 16.7. The van der Waals surface area contributed by atoms with Crippen LogP contribution in [0.5, 0.6) is 23.0 Å². The normalized spacial score (nSPS) is 11.0. The summed E-state index contributed by atoms with van der Waals surface area (Å²) in [5, 5.41) is 8.34. The van der Waals surface area contributed by atoms with Crippen LogP contribution < -0.4 is 19.5 Å². The van der Waals surface area contributed by atoms with E-state index in [2.05, 4.69) is 15.4 Å². The molecule has 1 N–H and O–H groups in total. The lowest BCUT2D eigenvalue weighted by atomic mass is 10.1. The van der Waals surface area contributed by atoms with Crippen molar-refractivity contribution in [3.63, 3.8) is 0 Å². The van der Waals surface area contributed by atoms with E-state index in [-0.39, 0.29) is 17.1 Å². The van der Waals surface area contributed by atoms with Crippen molar-refractivity contribution in [2.45, 2.75) is 0 Å². The van der Waals surface area contributed by atoms with Gasteiger partial charge >= 0.3 is 0 Å². The quantitative estimate of drug-likeness (QED) is 0.360. The molecule has 5 rings (SSSR count). The standard InChI is InChI=1S/C26H21FN4O4/c1-31-20-7-5-4-6-16(20)25(30-31)26(32)29-15-8-9-22(18(27)12-15)35-21-10-11-28-19-14-24(34-3)23(33-2)13-17(19)21/h4-14H,1-3H3,(H,29,32). The number of pyridine rings is 1. The first kappa shape index (κ1) is 22.1. The van der Waals surface area contributed by atoms with Gasteiger partial charge in [0.15, 0.2) is 28.8 Å². The lowest BCUT2D eigenvalue weighted by molar-refractivity contribution is 0.102. The van der Waals surface area contributed by atoms with Gasteiger partial charge in [0.1, 0.15) is 5.75 Å². The molecule has 0 bridgehead atoms. The summed E-state index contributed by atoms with van der Waals surface area (Å²) in [6.07, 6.45) is 1.56. The predicted molar refractivity (Wildman–Crippen MR) is 130 cm³/mol. The summed E-state index contributed by atoms with van der Waals surface area (Å²) in [4.78, 5) is 17.1. The van der Waals surface area contributed by atoms with Gasteiger partial charge in [0.05, 0.1) is 25.3 Å². The van der Waals surface area contributed by atoms with Crippen LogP contribution in [-0.4, -0.2) is 34.9 Å². The van der Waals surface area contributed by atoms with Crippen molar-refractivity contribution < 1.29 is 23.4 Å². The van der Waals surface area contributed by atoms with Crippen LogP contribution in [0.4, 0.5) is 10.1 Å². The van der Waals surface area contributed by atoms with Gasteiger partial charge in [-0.05, 0) is 30.3 Å². The number of hydrogen-bond donors (Lipinski definition) is 1. The first-order valence-corrected chi connectivity index (χ1v) is 10.7. The molecule has 35 heavy (non-hydrogen) atoms. The number of para-hydroxylation sites is 1. The minimum Gasteiger partial charge on any atom is -0.493 e. The van der Waals surface area contributed by atoms with E-state index >= 15 is 0 Å². The third-order valence-electron chi connectivity index (χ3n) is 5.59. The fraction of sp³-hybridized carbons (Fsp3) is 0.115. The van der Waals surface area contributed by atoms with E-state index < -0.39 is 11.7 Å². The van der Waals surface area contributed by atoms with Gasteiger partial charge < -0.3 is 19.5 Å². The Morgan fingerprint density at radius 2 is 1.69 bits per heavy atom. The number of rotatable bonds is 6. The van der Waals surface area contributed by atoms with Crippen molar-refractivity contribution in [2.24, 2.45) is 7.05 Å². The molecule has 9 heteroatoms. The molecule has 2 aromatic heterocycles. The molecule has 1 amide bonds. The van der Waals surface area contributed by atoms with Crippen molar-refractivity contribution in [1.29, 1.82) is 0 Å². The van der Waals surface area contributed by atoms with Crippen molar-refractivity contribution in [3.8, 4) is 23.0 Å². The van der Waals surface area contributed by atoms with Crippen LogP contribution in [0.15, 0.2) is 66.9 Å². The van der Waals surface area contributed by atoms with Crippen LogP contribution in [-0.2, 0) is 7.05 Å². The molecule has 5 aromatic rings. The number of aromatic nitrogens is 3. The Balaban J connectivity index is 1.41. The molecule has 0 spiro atoms. The lowest BCUT2D eigenvalue weighted by Crippen LogP contribution is -2.13. The first-order valence-electron chi connectivity index (χ1n) is 10.7. The van der Waals surface area contributed by atoms with E-state index in [9.17, 15) is 9.18 Å². The van der Waals surface area contributed by atoms with Crippen LogP contribution in [0.1, 0.15) is 10.5 Å². The smallest absolute Gasteiger partial charge is 0.276 e. The van der Waals surface area contributed by atoms with Gasteiger partial charge in [-0.1, -0.05) is 18.2 Å². The Hall–Kier alpha value is -4.66. The Kier molecular flexibility index (Phi) is 5.66. The maximum Gasteiger partial charge on any atom is 0.276 e. The molecular formula is C26H21FN4O4. The summed E-state index contributed by atoms with van der Waals surface area (Å²) in [5.41, 5.74) is 1.97. The zero-order valence-electron chi connectivity index (χ0n) is 19.2. The fourth-order valence-corrected chi connectivity index (χ4v) is 3.89. The number of benzene rings is 3. The number of halogens is 1. The number of fused-ring (bicyclic) bond motifs is 2. The van der Waals surface area contributed by atoms with Crippen molar-refractivity contribution >= 4 is 33.4 Å². The average molecular weight is 472 g/mol. The Morgan fingerprint density at radius 1 is 0.914 bits per heavy atom. The summed E-state index contributed by atoms with van der Waals surface area (Å²) < 4.78 is 33.1. The minimum absolute atomic E-state index is 0.00595. The number of ether oxygens (including phenoxy) is 3. The second-order valence-electron chi connectivity index (χ2n) is 7.72. The summed E-state index contributed by atoms with van der Waals surface area (Å²) in [5.74, 6) is 0.338. The monoisotopic (exact) mass is 472 g/mol. The molecule has 0 atom stereocenters. The predicted octanol–water partition coefficient (Wildman–Crippen LogP) is 5.32.